The maximum absolute atomic E-state index is 11.7. The van der Waals surface area contributed by atoms with E-state index in [1.165, 1.54) is 76.3 Å². The number of rotatable bonds is 8. The third kappa shape index (κ3) is 10.3. The molecule has 1 amide bonds. The fourth-order valence-electron chi connectivity index (χ4n) is 4.85. The highest BCUT2D eigenvalue weighted by molar-refractivity contribution is 5.80. The van der Waals surface area contributed by atoms with E-state index in [0.29, 0.717) is 5.56 Å². The Hall–Kier alpha value is -3.06. The first-order chi connectivity index (χ1) is 17.5. The first-order valence-corrected chi connectivity index (χ1v) is 13.2. The predicted molar refractivity (Wildman–Crippen MR) is 140 cm³/mol. The molecular formula is C29H40N2O5. The van der Waals surface area contributed by atoms with Gasteiger partial charge in [0.2, 0.25) is 0 Å². The Bertz CT molecular complexity index is 891. The van der Waals surface area contributed by atoms with Gasteiger partial charge in [0.15, 0.2) is 0 Å². The SMILES string of the molecule is C1CCC(NC2CCCCC2)CC1.O=C(N[C@H](Cc1ccc(O)cc1)C(=O)O)OCc1ccccc1. The lowest BCUT2D eigenvalue weighted by molar-refractivity contribution is -0.139. The molecule has 4 N–H and O–H groups in total. The number of phenols is 1. The van der Waals surface area contributed by atoms with Crippen LogP contribution >= 0.6 is 0 Å². The molecule has 4 rings (SSSR count). The largest absolute Gasteiger partial charge is 0.508 e. The fourth-order valence-corrected chi connectivity index (χ4v) is 4.85. The van der Waals surface area contributed by atoms with Crippen molar-refractivity contribution in [3.8, 4) is 5.75 Å². The lowest BCUT2D eigenvalue weighted by atomic mass is 9.91. The van der Waals surface area contributed by atoms with Gasteiger partial charge in [0.1, 0.15) is 18.4 Å². The number of nitrogens with one attached hydrogen (secondary N) is 2. The number of amides is 1. The number of aliphatic carboxylic acids is 1. The Morgan fingerprint density at radius 3 is 1.89 bits per heavy atom. The summed E-state index contributed by atoms with van der Waals surface area (Å²) in [7, 11) is 0. The van der Waals surface area contributed by atoms with E-state index in [1.807, 2.05) is 18.2 Å². The number of carboxylic acids is 1. The minimum Gasteiger partial charge on any atom is -0.508 e. The van der Waals surface area contributed by atoms with Gasteiger partial charge in [-0.1, -0.05) is 81.0 Å². The molecule has 0 saturated heterocycles. The van der Waals surface area contributed by atoms with Crippen molar-refractivity contribution in [3.63, 3.8) is 0 Å². The smallest absolute Gasteiger partial charge is 0.408 e. The summed E-state index contributed by atoms with van der Waals surface area (Å²) in [6, 6.07) is 15.9. The number of carboxylic acid groups (broad SMARTS) is 1. The van der Waals surface area contributed by atoms with Crippen LogP contribution < -0.4 is 10.6 Å². The van der Waals surface area contributed by atoms with Crippen molar-refractivity contribution >= 4 is 12.1 Å². The van der Waals surface area contributed by atoms with Crippen LogP contribution in [-0.4, -0.2) is 40.4 Å². The third-order valence-electron chi connectivity index (χ3n) is 6.86. The van der Waals surface area contributed by atoms with Crippen LogP contribution in [0.15, 0.2) is 54.6 Å². The third-order valence-corrected chi connectivity index (χ3v) is 6.86. The molecule has 0 heterocycles. The fraction of sp³-hybridized carbons (Fsp3) is 0.517. The molecule has 2 fully saturated rings. The number of carbonyl (C=O) groups is 2. The molecule has 196 valence electrons. The van der Waals surface area contributed by atoms with Gasteiger partial charge in [-0.3, -0.25) is 0 Å². The zero-order chi connectivity index (χ0) is 25.6. The van der Waals surface area contributed by atoms with Crippen LogP contribution in [0.4, 0.5) is 4.79 Å². The first kappa shape index (κ1) is 27.5. The quantitative estimate of drug-likeness (QED) is 0.381. The van der Waals surface area contributed by atoms with Crippen molar-refractivity contribution in [2.24, 2.45) is 0 Å². The second-order valence-corrected chi connectivity index (χ2v) is 9.80. The molecule has 36 heavy (non-hydrogen) atoms. The number of hydrogen-bond donors (Lipinski definition) is 4. The minimum atomic E-state index is -1.16. The van der Waals surface area contributed by atoms with Gasteiger partial charge in [0.05, 0.1) is 0 Å². The van der Waals surface area contributed by atoms with Crippen LogP contribution in [0.5, 0.6) is 5.75 Å². The predicted octanol–water partition coefficient (Wildman–Crippen LogP) is 5.56. The van der Waals surface area contributed by atoms with Gasteiger partial charge in [-0.15, -0.1) is 0 Å². The maximum atomic E-state index is 11.7. The number of phenolic OH excluding ortho intramolecular Hbond substituents is 1. The van der Waals surface area contributed by atoms with Crippen LogP contribution in [0.2, 0.25) is 0 Å². The molecule has 2 aromatic carbocycles. The average molecular weight is 497 g/mol. The molecule has 2 aliphatic rings. The Labute approximate surface area is 214 Å². The van der Waals surface area contributed by atoms with Crippen molar-refractivity contribution < 1.29 is 24.5 Å². The maximum Gasteiger partial charge on any atom is 0.408 e. The van der Waals surface area contributed by atoms with Crippen molar-refractivity contribution in [1.29, 1.82) is 0 Å². The van der Waals surface area contributed by atoms with Crippen molar-refractivity contribution in [2.75, 3.05) is 0 Å². The molecule has 7 nitrogen and oxygen atoms in total. The Morgan fingerprint density at radius 1 is 0.806 bits per heavy atom. The lowest BCUT2D eigenvalue weighted by Crippen LogP contribution is -2.42. The number of ether oxygens (including phenoxy) is 1. The number of carbonyl (C=O) groups excluding carboxylic acids is 1. The van der Waals surface area contributed by atoms with Crippen molar-refractivity contribution in [2.45, 2.75) is 95.4 Å². The van der Waals surface area contributed by atoms with Gasteiger partial charge in [-0.25, -0.2) is 9.59 Å². The van der Waals surface area contributed by atoms with E-state index in [9.17, 15) is 19.8 Å². The first-order valence-electron chi connectivity index (χ1n) is 13.2. The highest BCUT2D eigenvalue weighted by Crippen LogP contribution is 2.22. The summed E-state index contributed by atoms with van der Waals surface area (Å²) in [4.78, 5) is 23.0. The number of benzene rings is 2. The molecule has 0 radical (unpaired) electrons. The zero-order valence-electron chi connectivity index (χ0n) is 21.0. The number of alkyl carbamates (subject to hydrolysis) is 1. The van der Waals surface area contributed by atoms with Crippen LogP contribution in [0, 0.1) is 0 Å². The van der Waals surface area contributed by atoms with Gasteiger partial charge in [-0.2, -0.15) is 0 Å². The van der Waals surface area contributed by atoms with E-state index in [-0.39, 0.29) is 18.8 Å². The van der Waals surface area contributed by atoms with Crippen molar-refractivity contribution in [1.82, 2.24) is 10.6 Å². The second kappa shape index (κ2) is 15.1. The van der Waals surface area contributed by atoms with Gasteiger partial charge >= 0.3 is 12.1 Å². The molecule has 1 atom stereocenters. The van der Waals surface area contributed by atoms with E-state index >= 15 is 0 Å². The highest BCUT2D eigenvalue weighted by Gasteiger charge is 2.21. The highest BCUT2D eigenvalue weighted by atomic mass is 16.5. The molecular weight excluding hydrogens is 456 g/mol. The zero-order valence-corrected chi connectivity index (χ0v) is 21.0. The molecule has 7 heteroatoms. The summed E-state index contributed by atoms with van der Waals surface area (Å²) in [5, 5.41) is 24.6. The lowest BCUT2D eigenvalue weighted by Gasteiger charge is -2.30. The summed E-state index contributed by atoms with van der Waals surface area (Å²) in [6.45, 7) is 0.0677. The van der Waals surface area contributed by atoms with Gasteiger partial charge in [0.25, 0.3) is 0 Å². The molecule has 2 aromatic rings. The molecule has 0 aromatic heterocycles. The van der Waals surface area contributed by atoms with Crippen molar-refractivity contribution in [3.05, 3.63) is 65.7 Å². The van der Waals surface area contributed by atoms with Gasteiger partial charge in [0, 0.05) is 18.5 Å². The number of aromatic hydroxyl groups is 1. The Kier molecular flexibility index (Phi) is 11.6. The molecule has 0 unspecified atom stereocenters. The normalized spacial score (nSPS) is 17.3. The topological polar surface area (TPSA) is 108 Å². The van der Waals surface area contributed by atoms with Crippen LogP contribution in [-0.2, 0) is 22.6 Å². The van der Waals surface area contributed by atoms with E-state index < -0.39 is 18.1 Å². The van der Waals surface area contributed by atoms with E-state index in [2.05, 4.69) is 10.6 Å². The van der Waals surface area contributed by atoms with Crippen LogP contribution in [0.1, 0.15) is 75.3 Å². The van der Waals surface area contributed by atoms with E-state index in [0.717, 1.165) is 17.6 Å². The summed E-state index contributed by atoms with van der Waals surface area (Å²) < 4.78 is 5.01. The summed E-state index contributed by atoms with van der Waals surface area (Å²) in [5.74, 6) is -1.06. The number of hydrogen-bond acceptors (Lipinski definition) is 5. The molecule has 0 aliphatic heterocycles. The van der Waals surface area contributed by atoms with Crippen LogP contribution in [0.3, 0.4) is 0 Å². The standard InChI is InChI=1S/C17H17NO5.C12H23N/c19-14-8-6-12(7-9-14)10-15(16(20)21)18-17(22)23-11-13-4-2-1-3-5-13;1-3-7-11(8-4-1)13-12-9-5-2-6-10-12/h1-9,15,19H,10-11H2,(H,18,22)(H,20,21);11-13H,1-10H2/t15-;/m1./s1. The van der Waals surface area contributed by atoms with E-state index in [1.54, 1.807) is 24.3 Å². The Morgan fingerprint density at radius 2 is 1.36 bits per heavy atom. The minimum absolute atomic E-state index is 0.0677. The Balaban J connectivity index is 0.000000233. The molecule has 2 saturated carbocycles. The van der Waals surface area contributed by atoms with Gasteiger partial charge < -0.3 is 25.6 Å². The molecule has 2 aliphatic carbocycles. The van der Waals surface area contributed by atoms with Crippen LogP contribution in [0.25, 0.3) is 0 Å². The summed E-state index contributed by atoms with van der Waals surface area (Å²) in [6.07, 6.45) is 13.9. The molecule has 0 bridgehead atoms. The summed E-state index contributed by atoms with van der Waals surface area (Å²) in [5.41, 5.74) is 1.49. The second-order valence-electron chi connectivity index (χ2n) is 9.80. The molecule has 0 spiro atoms. The summed E-state index contributed by atoms with van der Waals surface area (Å²) >= 11 is 0. The van der Waals surface area contributed by atoms with E-state index in [4.69, 9.17) is 4.74 Å². The van der Waals surface area contributed by atoms with Gasteiger partial charge in [-0.05, 0) is 48.9 Å². The average Bonchev–Trinajstić information content (AvgIpc) is 2.90. The monoisotopic (exact) mass is 496 g/mol.